The molecule has 7 aromatic rings. The van der Waals surface area contributed by atoms with Gasteiger partial charge in [0, 0.05) is 39.3 Å². The standard InChI is InChI=1S/C32H21N5/c1-3-10-22(11-4-1)29-34-30(23-12-5-2-6-13-23)36-31(35-29)24-17-19-25(20-18-24)37-28-16-8-7-14-26(28)27-15-9-21-33-32(27)37/h1-21H. The molecule has 0 aliphatic heterocycles. The van der Waals surface area contributed by atoms with E-state index in [1.807, 2.05) is 72.9 Å². The Balaban J connectivity index is 1.37. The highest BCUT2D eigenvalue weighted by atomic mass is 15.1. The van der Waals surface area contributed by atoms with E-state index in [1.165, 1.54) is 5.39 Å². The molecule has 3 aromatic heterocycles. The van der Waals surface area contributed by atoms with Gasteiger partial charge in [0.25, 0.3) is 0 Å². The molecule has 0 amide bonds. The zero-order valence-corrected chi connectivity index (χ0v) is 19.9. The van der Waals surface area contributed by atoms with Crippen LogP contribution in [-0.2, 0) is 0 Å². The van der Waals surface area contributed by atoms with Gasteiger partial charge in [0.15, 0.2) is 17.5 Å². The maximum absolute atomic E-state index is 4.85. The van der Waals surface area contributed by atoms with E-state index < -0.39 is 0 Å². The van der Waals surface area contributed by atoms with Crippen molar-refractivity contribution in [1.29, 1.82) is 0 Å². The summed E-state index contributed by atoms with van der Waals surface area (Å²) in [5.41, 5.74) is 5.94. The fraction of sp³-hybridized carbons (Fsp3) is 0. The molecule has 0 saturated heterocycles. The van der Waals surface area contributed by atoms with E-state index in [4.69, 9.17) is 19.9 Å². The Hall–Kier alpha value is -5.16. The summed E-state index contributed by atoms with van der Waals surface area (Å²) < 4.78 is 2.20. The van der Waals surface area contributed by atoms with Crippen molar-refractivity contribution in [1.82, 2.24) is 24.5 Å². The van der Waals surface area contributed by atoms with Crippen molar-refractivity contribution in [2.24, 2.45) is 0 Å². The minimum absolute atomic E-state index is 0.639. The first-order valence-electron chi connectivity index (χ1n) is 12.2. The summed E-state index contributed by atoms with van der Waals surface area (Å²) in [4.78, 5) is 19.2. The van der Waals surface area contributed by atoms with Crippen LogP contribution < -0.4 is 0 Å². The van der Waals surface area contributed by atoms with Crippen LogP contribution in [-0.4, -0.2) is 24.5 Å². The Morgan fingerprint density at radius 1 is 0.432 bits per heavy atom. The lowest BCUT2D eigenvalue weighted by Gasteiger charge is -2.10. The highest BCUT2D eigenvalue weighted by Crippen LogP contribution is 2.31. The lowest BCUT2D eigenvalue weighted by atomic mass is 10.1. The van der Waals surface area contributed by atoms with Crippen LogP contribution >= 0.6 is 0 Å². The molecule has 37 heavy (non-hydrogen) atoms. The van der Waals surface area contributed by atoms with Crippen LogP contribution in [0, 0.1) is 0 Å². The topological polar surface area (TPSA) is 56.5 Å². The second-order valence-electron chi connectivity index (χ2n) is 8.81. The van der Waals surface area contributed by atoms with Gasteiger partial charge >= 0.3 is 0 Å². The van der Waals surface area contributed by atoms with E-state index in [0.29, 0.717) is 17.5 Å². The van der Waals surface area contributed by atoms with Gasteiger partial charge in [-0.05, 0) is 42.5 Å². The summed E-state index contributed by atoms with van der Waals surface area (Å²) in [6.07, 6.45) is 1.84. The van der Waals surface area contributed by atoms with Crippen LogP contribution in [0.3, 0.4) is 0 Å². The van der Waals surface area contributed by atoms with Gasteiger partial charge in [0.1, 0.15) is 5.65 Å². The summed E-state index contributed by atoms with van der Waals surface area (Å²) in [5, 5.41) is 2.33. The molecule has 0 bridgehead atoms. The maximum Gasteiger partial charge on any atom is 0.164 e. The average molecular weight is 476 g/mol. The quantitative estimate of drug-likeness (QED) is 0.267. The van der Waals surface area contributed by atoms with Gasteiger partial charge in [-0.1, -0.05) is 78.9 Å². The van der Waals surface area contributed by atoms with Crippen molar-refractivity contribution in [3.8, 4) is 39.9 Å². The van der Waals surface area contributed by atoms with Crippen LogP contribution in [0.4, 0.5) is 0 Å². The second kappa shape index (κ2) is 8.81. The zero-order valence-electron chi connectivity index (χ0n) is 19.9. The van der Waals surface area contributed by atoms with E-state index >= 15 is 0 Å². The number of hydrogen-bond donors (Lipinski definition) is 0. The van der Waals surface area contributed by atoms with Crippen molar-refractivity contribution in [2.75, 3.05) is 0 Å². The highest BCUT2D eigenvalue weighted by molar-refractivity contribution is 6.07. The van der Waals surface area contributed by atoms with Gasteiger partial charge in [-0.15, -0.1) is 0 Å². The smallest absolute Gasteiger partial charge is 0.164 e. The molecule has 0 saturated carbocycles. The summed E-state index contributed by atoms with van der Waals surface area (Å²) in [6, 6.07) is 40.9. The fourth-order valence-corrected chi connectivity index (χ4v) is 4.75. The molecule has 3 heterocycles. The van der Waals surface area contributed by atoms with Crippen molar-refractivity contribution in [3.63, 3.8) is 0 Å². The van der Waals surface area contributed by atoms with E-state index in [2.05, 4.69) is 59.2 Å². The van der Waals surface area contributed by atoms with E-state index in [1.54, 1.807) is 0 Å². The first-order chi connectivity index (χ1) is 18.3. The molecule has 7 rings (SSSR count). The Kier molecular flexibility index (Phi) is 5.03. The molecule has 174 valence electrons. The predicted molar refractivity (Wildman–Crippen MR) is 148 cm³/mol. The van der Waals surface area contributed by atoms with E-state index in [-0.39, 0.29) is 0 Å². The molecule has 4 aromatic carbocycles. The molecule has 0 spiro atoms. The summed E-state index contributed by atoms with van der Waals surface area (Å²) in [7, 11) is 0. The third kappa shape index (κ3) is 3.74. The Morgan fingerprint density at radius 2 is 0.946 bits per heavy atom. The van der Waals surface area contributed by atoms with Crippen molar-refractivity contribution in [3.05, 3.63) is 128 Å². The number of fused-ring (bicyclic) bond motifs is 3. The molecular formula is C32H21N5. The van der Waals surface area contributed by atoms with Crippen LogP contribution in [0.25, 0.3) is 61.8 Å². The Labute approximate surface area is 213 Å². The molecule has 0 atom stereocenters. The lowest BCUT2D eigenvalue weighted by Crippen LogP contribution is -2.00. The molecule has 0 fully saturated rings. The number of aromatic nitrogens is 5. The molecule has 0 N–H and O–H groups in total. The van der Waals surface area contributed by atoms with Gasteiger partial charge in [-0.2, -0.15) is 0 Å². The van der Waals surface area contributed by atoms with Crippen LogP contribution in [0.15, 0.2) is 128 Å². The number of rotatable bonds is 4. The first kappa shape index (κ1) is 21.1. The van der Waals surface area contributed by atoms with Gasteiger partial charge in [0.2, 0.25) is 0 Å². The molecule has 5 nitrogen and oxygen atoms in total. The van der Waals surface area contributed by atoms with Gasteiger partial charge in [-0.25, -0.2) is 19.9 Å². The van der Waals surface area contributed by atoms with E-state index in [9.17, 15) is 0 Å². The minimum atomic E-state index is 0.639. The Bertz CT molecular complexity index is 1750. The van der Waals surface area contributed by atoms with Crippen LogP contribution in [0.2, 0.25) is 0 Å². The zero-order chi connectivity index (χ0) is 24.6. The number of hydrogen-bond acceptors (Lipinski definition) is 4. The third-order valence-corrected chi connectivity index (χ3v) is 6.52. The highest BCUT2D eigenvalue weighted by Gasteiger charge is 2.15. The summed E-state index contributed by atoms with van der Waals surface area (Å²) in [6.45, 7) is 0. The van der Waals surface area contributed by atoms with Crippen molar-refractivity contribution in [2.45, 2.75) is 0 Å². The van der Waals surface area contributed by atoms with Gasteiger partial charge in [0.05, 0.1) is 5.52 Å². The van der Waals surface area contributed by atoms with Crippen LogP contribution in [0.1, 0.15) is 0 Å². The Morgan fingerprint density at radius 3 is 1.57 bits per heavy atom. The fourth-order valence-electron chi connectivity index (χ4n) is 4.75. The summed E-state index contributed by atoms with van der Waals surface area (Å²) >= 11 is 0. The number of para-hydroxylation sites is 1. The number of pyridine rings is 1. The van der Waals surface area contributed by atoms with Gasteiger partial charge < -0.3 is 0 Å². The van der Waals surface area contributed by atoms with Gasteiger partial charge in [-0.3, -0.25) is 4.57 Å². The molecular weight excluding hydrogens is 454 g/mol. The second-order valence-corrected chi connectivity index (χ2v) is 8.81. The number of benzene rings is 4. The number of nitrogens with zero attached hydrogens (tertiary/aromatic N) is 5. The largest absolute Gasteiger partial charge is 0.294 e. The average Bonchev–Trinajstić information content (AvgIpc) is 3.32. The maximum atomic E-state index is 4.85. The minimum Gasteiger partial charge on any atom is -0.294 e. The molecule has 5 heteroatoms. The van der Waals surface area contributed by atoms with Crippen molar-refractivity contribution >= 4 is 21.9 Å². The molecule has 0 aliphatic carbocycles. The monoisotopic (exact) mass is 475 g/mol. The third-order valence-electron chi connectivity index (χ3n) is 6.52. The lowest BCUT2D eigenvalue weighted by molar-refractivity contribution is 1.07. The first-order valence-corrected chi connectivity index (χ1v) is 12.2. The molecule has 0 radical (unpaired) electrons. The van der Waals surface area contributed by atoms with Crippen LogP contribution in [0.5, 0.6) is 0 Å². The predicted octanol–water partition coefficient (Wildman–Crippen LogP) is 7.36. The normalized spacial score (nSPS) is 11.2. The van der Waals surface area contributed by atoms with E-state index in [0.717, 1.165) is 38.9 Å². The molecule has 0 aliphatic rings. The molecule has 0 unspecified atom stereocenters. The SMILES string of the molecule is c1ccc(-c2nc(-c3ccccc3)nc(-c3ccc(-n4c5ccccc5c5cccnc54)cc3)n2)cc1. The summed E-state index contributed by atoms with van der Waals surface area (Å²) in [5.74, 6) is 1.94. The van der Waals surface area contributed by atoms with Crippen molar-refractivity contribution < 1.29 is 0 Å².